The fraction of sp³-hybridized carbons (Fsp3) is 0.333. The average Bonchev–Trinajstić information content (AvgIpc) is 2.26. The van der Waals surface area contributed by atoms with Crippen molar-refractivity contribution in [2.24, 2.45) is 5.73 Å². The minimum atomic E-state index is -0.298. The Morgan fingerprint density at radius 3 is 2.42 bits per heavy atom. The third-order valence-corrected chi connectivity index (χ3v) is 2.90. The van der Waals surface area contributed by atoms with Gasteiger partial charge in [0.2, 0.25) is 0 Å². The standard InChI is InChI=1S/C12H15Cl2N3OS/c13-8-5-9(14)7-10(6-8)17-12(18)16-4-2-1-3-11(15)19/h5-7H,1-4H2,(H2,15,19)(H2,16,17,18). The van der Waals surface area contributed by atoms with E-state index in [0.717, 1.165) is 12.8 Å². The van der Waals surface area contributed by atoms with Crippen molar-refractivity contribution in [3.8, 4) is 0 Å². The number of carbonyl (C=O) groups is 1. The van der Waals surface area contributed by atoms with Crippen LogP contribution < -0.4 is 16.4 Å². The van der Waals surface area contributed by atoms with Gasteiger partial charge in [-0.3, -0.25) is 0 Å². The minimum absolute atomic E-state index is 0.298. The molecule has 1 aromatic rings. The van der Waals surface area contributed by atoms with Crippen LogP contribution in [0.2, 0.25) is 10.0 Å². The number of anilines is 1. The lowest BCUT2D eigenvalue weighted by Gasteiger charge is -2.08. The minimum Gasteiger partial charge on any atom is -0.393 e. The highest BCUT2D eigenvalue weighted by Gasteiger charge is 2.03. The number of carbonyl (C=O) groups excluding carboxylic acids is 1. The van der Waals surface area contributed by atoms with Gasteiger partial charge in [0.25, 0.3) is 0 Å². The number of rotatable bonds is 6. The van der Waals surface area contributed by atoms with E-state index in [2.05, 4.69) is 10.6 Å². The molecule has 0 unspecified atom stereocenters. The van der Waals surface area contributed by atoms with E-state index in [-0.39, 0.29) is 6.03 Å². The summed E-state index contributed by atoms with van der Waals surface area (Å²) in [7, 11) is 0. The van der Waals surface area contributed by atoms with E-state index in [1.54, 1.807) is 18.2 Å². The molecule has 1 rings (SSSR count). The van der Waals surface area contributed by atoms with Crippen LogP contribution in [0.3, 0.4) is 0 Å². The van der Waals surface area contributed by atoms with Gasteiger partial charge in [-0.1, -0.05) is 35.4 Å². The van der Waals surface area contributed by atoms with Crippen molar-refractivity contribution in [1.82, 2.24) is 5.32 Å². The van der Waals surface area contributed by atoms with Gasteiger partial charge in [0, 0.05) is 22.3 Å². The number of urea groups is 1. The summed E-state index contributed by atoms with van der Waals surface area (Å²) in [5.74, 6) is 0. The zero-order chi connectivity index (χ0) is 14.3. The maximum atomic E-state index is 11.6. The van der Waals surface area contributed by atoms with Gasteiger partial charge in [-0.25, -0.2) is 4.79 Å². The summed E-state index contributed by atoms with van der Waals surface area (Å²) in [4.78, 5) is 12.1. The number of amides is 2. The monoisotopic (exact) mass is 319 g/mol. The number of benzene rings is 1. The molecular weight excluding hydrogens is 305 g/mol. The Morgan fingerprint density at radius 2 is 1.84 bits per heavy atom. The van der Waals surface area contributed by atoms with E-state index in [4.69, 9.17) is 41.2 Å². The Bertz CT molecular complexity index is 448. The van der Waals surface area contributed by atoms with Gasteiger partial charge < -0.3 is 16.4 Å². The van der Waals surface area contributed by atoms with Crippen molar-refractivity contribution >= 4 is 52.1 Å². The SMILES string of the molecule is NC(=S)CCCCNC(=O)Nc1cc(Cl)cc(Cl)c1. The maximum absolute atomic E-state index is 11.6. The summed E-state index contributed by atoms with van der Waals surface area (Å²) in [5, 5.41) is 6.32. The lowest BCUT2D eigenvalue weighted by atomic mass is 10.2. The van der Waals surface area contributed by atoms with Gasteiger partial charge >= 0.3 is 6.03 Å². The van der Waals surface area contributed by atoms with Crippen molar-refractivity contribution < 1.29 is 4.79 Å². The predicted octanol–water partition coefficient (Wildman–Crippen LogP) is 3.57. The molecule has 1 aromatic carbocycles. The van der Waals surface area contributed by atoms with Gasteiger partial charge in [0.15, 0.2) is 0 Å². The molecule has 104 valence electrons. The van der Waals surface area contributed by atoms with Crippen LogP contribution in [0, 0.1) is 0 Å². The molecule has 0 bridgehead atoms. The van der Waals surface area contributed by atoms with E-state index in [0.29, 0.717) is 33.7 Å². The summed E-state index contributed by atoms with van der Waals surface area (Å²) in [6.07, 6.45) is 2.38. The van der Waals surface area contributed by atoms with Crippen LogP contribution in [0.1, 0.15) is 19.3 Å². The molecule has 2 amide bonds. The zero-order valence-electron chi connectivity index (χ0n) is 10.2. The fourth-order valence-electron chi connectivity index (χ4n) is 1.43. The Hall–Kier alpha value is -1.04. The van der Waals surface area contributed by atoms with Crippen LogP contribution in [-0.2, 0) is 0 Å². The molecule has 4 nitrogen and oxygen atoms in total. The van der Waals surface area contributed by atoms with Crippen LogP contribution in [0.15, 0.2) is 18.2 Å². The van der Waals surface area contributed by atoms with Gasteiger partial charge in [-0.2, -0.15) is 0 Å². The molecule has 0 saturated heterocycles. The van der Waals surface area contributed by atoms with Crippen LogP contribution >= 0.6 is 35.4 Å². The molecule has 0 spiro atoms. The van der Waals surface area contributed by atoms with Crippen molar-refractivity contribution in [3.05, 3.63) is 28.2 Å². The van der Waals surface area contributed by atoms with Crippen LogP contribution in [0.5, 0.6) is 0 Å². The normalized spacial score (nSPS) is 10.0. The molecule has 0 radical (unpaired) electrons. The second-order valence-corrected chi connectivity index (χ2v) is 5.36. The smallest absolute Gasteiger partial charge is 0.319 e. The summed E-state index contributed by atoms with van der Waals surface area (Å²) in [5.41, 5.74) is 5.93. The first-order chi connectivity index (χ1) is 8.97. The Balaban J connectivity index is 2.29. The maximum Gasteiger partial charge on any atom is 0.319 e. The third-order valence-electron chi connectivity index (χ3n) is 2.26. The van der Waals surface area contributed by atoms with Crippen molar-refractivity contribution in [2.45, 2.75) is 19.3 Å². The first kappa shape index (κ1) is 16.0. The molecule has 0 aliphatic carbocycles. The van der Waals surface area contributed by atoms with E-state index in [1.807, 2.05) is 0 Å². The lowest BCUT2D eigenvalue weighted by Crippen LogP contribution is -2.29. The average molecular weight is 320 g/mol. The largest absolute Gasteiger partial charge is 0.393 e. The molecule has 0 aliphatic rings. The molecule has 0 atom stereocenters. The molecule has 0 saturated carbocycles. The number of hydrogen-bond donors (Lipinski definition) is 3. The first-order valence-corrected chi connectivity index (χ1v) is 6.93. The van der Waals surface area contributed by atoms with Crippen molar-refractivity contribution in [2.75, 3.05) is 11.9 Å². The molecule has 19 heavy (non-hydrogen) atoms. The summed E-state index contributed by atoms with van der Waals surface area (Å²) < 4.78 is 0. The zero-order valence-corrected chi connectivity index (χ0v) is 12.5. The summed E-state index contributed by atoms with van der Waals surface area (Å²) in [6.45, 7) is 0.558. The molecule has 0 heterocycles. The highest BCUT2D eigenvalue weighted by molar-refractivity contribution is 7.80. The molecular formula is C12H15Cl2N3OS. The second kappa shape index (κ2) is 8.19. The molecule has 0 aromatic heterocycles. The number of halogens is 2. The highest BCUT2D eigenvalue weighted by Crippen LogP contribution is 2.22. The Kier molecular flexibility index (Phi) is 6.91. The van der Waals surface area contributed by atoms with Crippen LogP contribution in [-0.4, -0.2) is 17.6 Å². The Morgan fingerprint density at radius 1 is 1.21 bits per heavy atom. The quantitative estimate of drug-likeness (QED) is 0.554. The Labute approximate surface area is 127 Å². The van der Waals surface area contributed by atoms with E-state index in [1.165, 1.54) is 0 Å². The van der Waals surface area contributed by atoms with Crippen molar-refractivity contribution in [3.63, 3.8) is 0 Å². The van der Waals surface area contributed by atoms with E-state index in [9.17, 15) is 4.79 Å². The van der Waals surface area contributed by atoms with E-state index >= 15 is 0 Å². The van der Waals surface area contributed by atoms with Gasteiger partial charge in [-0.15, -0.1) is 0 Å². The molecule has 4 N–H and O–H groups in total. The number of hydrogen-bond acceptors (Lipinski definition) is 2. The van der Waals surface area contributed by atoms with Crippen LogP contribution in [0.4, 0.5) is 10.5 Å². The second-order valence-electron chi connectivity index (χ2n) is 3.96. The van der Waals surface area contributed by atoms with Gasteiger partial charge in [-0.05, 0) is 37.5 Å². The number of nitrogens with one attached hydrogen (secondary N) is 2. The molecule has 0 fully saturated rings. The first-order valence-electron chi connectivity index (χ1n) is 5.76. The van der Waals surface area contributed by atoms with Crippen LogP contribution in [0.25, 0.3) is 0 Å². The van der Waals surface area contributed by atoms with E-state index < -0.39 is 0 Å². The predicted molar refractivity (Wildman–Crippen MR) is 84.1 cm³/mol. The topological polar surface area (TPSA) is 67.1 Å². The summed E-state index contributed by atoms with van der Waals surface area (Å²) in [6, 6.07) is 4.55. The number of thiocarbonyl (C=S) groups is 1. The molecule has 0 aliphatic heterocycles. The molecule has 7 heteroatoms. The van der Waals surface area contributed by atoms with Crippen molar-refractivity contribution in [1.29, 1.82) is 0 Å². The summed E-state index contributed by atoms with van der Waals surface area (Å²) >= 11 is 16.4. The van der Waals surface area contributed by atoms with Gasteiger partial charge in [0.1, 0.15) is 0 Å². The lowest BCUT2D eigenvalue weighted by molar-refractivity contribution is 0.252. The van der Waals surface area contributed by atoms with Gasteiger partial charge in [0.05, 0.1) is 4.99 Å². The number of nitrogens with two attached hydrogens (primary N) is 1. The fourth-order valence-corrected chi connectivity index (χ4v) is 2.10. The number of unbranched alkanes of at least 4 members (excludes halogenated alkanes) is 1. The third kappa shape index (κ3) is 7.20. The highest BCUT2D eigenvalue weighted by atomic mass is 35.5.